The number of nitrogens with zero attached hydrogens (tertiary/aromatic N) is 4. The van der Waals surface area contributed by atoms with Gasteiger partial charge >= 0.3 is 5.97 Å². The molecular weight excluding hydrogens is 406 g/mol. The third kappa shape index (κ3) is 4.02. The van der Waals surface area contributed by atoms with Gasteiger partial charge in [-0.2, -0.15) is 0 Å². The molecule has 8 heteroatoms. The number of aromatic amines is 1. The minimum atomic E-state index is -0.232. The first-order chi connectivity index (χ1) is 15.6. The van der Waals surface area contributed by atoms with Crippen molar-refractivity contribution in [3.05, 3.63) is 57.6 Å². The van der Waals surface area contributed by atoms with E-state index in [1.165, 1.54) is 0 Å². The first-order valence-electron chi connectivity index (χ1n) is 11.4. The summed E-state index contributed by atoms with van der Waals surface area (Å²) in [5, 5.41) is 1.14. The maximum Gasteiger partial charge on any atom is 0.325 e. The van der Waals surface area contributed by atoms with Crippen LogP contribution in [0.5, 0.6) is 0 Å². The topological polar surface area (TPSA) is 83.5 Å². The van der Waals surface area contributed by atoms with Crippen molar-refractivity contribution in [2.45, 2.75) is 45.8 Å². The molecule has 168 valence electrons. The van der Waals surface area contributed by atoms with Gasteiger partial charge in [0, 0.05) is 55.4 Å². The number of hydrogen-bond acceptors (Lipinski definition) is 6. The Labute approximate surface area is 186 Å². The zero-order valence-electron chi connectivity index (χ0n) is 18.5. The first kappa shape index (κ1) is 20.8. The number of para-hydroxylation sites is 1. The predicted octanol–water partition coefficient (Wildman–Crippen LogP) is 2.45. The fourth-order valence-electron chi connectivity index (χ4n) is 4.86. The van der Waals surface area contributed by atoms with Crippen LogP contribution in [0.4, 0.5) is 5.95 Å². The number of carbonyl (C=O) groups is 1. The molecule has 5 rings (SSSR count). The van der Waals surface area contributed by atoms with E-state index in [-0.39, 0.29) is 18.1 Å². The summed E-state index contributed by atoms with van der Waals surface area (Å²) in [6, 6.07) is 8.14. The smallest absolute Gasteiger partial charge is 0.325 e. The molecule has 0 saturated carbocycles. The first-order valence-corrected chi connectivity index (χ1v) is 11.4. The molecule has 2 aromatic heterocycles. The molecule has 0 atom stereocenters. The van der Waals surface area contributed by atoms with E-state index in [9.17, 15) is 9.59 Å². The van der Waals surface area contributed by atoms with Crippen molar-refractivity contribution in [3.63, 3.8) is 0 Å². The molecule has 0 radical (unpaired) electrons. The Morgan fingerprint density at radius 3 is 2.81 bits per heavy atom. The van der Waals surface area contributed by atoms with Crippen LogP contribution in [0, 0.1) is 0 Å². The van der Waals surface area contributed by atoms with E-state index in [0.717, 1.165) is 66.7 Å². The normalized spacial score (nSPS) is 16.5. The van der Waals surface area contributed by atoms with E-state index in [2.05, 4.69) is 27.0 Å². The number of esters is 1. The standard InChI is InChI=1S/C24H29N5O3/c1-2-32-22(30)16-29-14-17(18-7-3-4-8-21(18)29)13-27-12-9-19-20(15-27)25-24(26-23(19)31)28-10-5-6-11-28/h3-4,7-8,14H,2,5-6,9-13,15-16H2,1H3,(H,25,26,31). The summed E-state index contributed by atoms with van der Waals surface area (Å²) in [6.45, 7) is 6.49. The highest BCUT2D eigenvalue weighted by Crippen LogP contribution is 2.25. The Hall–Kier alpha value is -3.13. The highest BCUT2D eigenvalue weighted by Gasteiger charge is 2.24. The molecule has 3 aromatic rings. The Kier molecular flexibility index (Phi) is 5.70. The number of fused-ring (bicyclic) bond motifs is 2. The molecule has 8 nitrogen and oxygen atoms in total. The number of carbonyl (C=O) groups excluding carboxylic acids is 1. The largest absolute Gasteiger partial charge is 0.465 e. The van der Waals surface area contributed by atoms with Crippen LogP contribution in [0.1, 0.15) is 36.6 Å². The summed E-state index contributed by atoms with van der Waals surface area (Å²) in [5.74, 6) is 0.476. The Morgan fingerprint density at radius 1 is 1.19 bits per heavy atom. The number of H-pyrrole nitrogens is 1. The van der Waals surface area contributed by atoms with E-state index >= 15 is 0 Å². The molecule has 32 heavy (non-hydrogen) atoms. The van der Waals surface area contributed by atoms with Gasteiger partial charge in [-0.05, 0) is 37.8 Å². The lowest BCUT2D eigenvalue weighted by Crippen LogP contribution is -2.36. The van der Waals surface area contributed by atoms with Gasteiger partial charge in [0.15, 0.2) is 0 Å². The number of hydrogen-bond donors (Lipinski definition) is 1. The van der Waals surface area contributed by atoms with E-state index in [1.807, 2.05) is 29.7 Å². The third-order valence-corrected chi connectivity index (χ3v) is 6.42. The number of aromatic nitrogens is 3. The average molecular weight is 436 g/mol. The van der Waals surface area contributed by atoms with Crippen LogP contribution in [-0.2, 0) is 35.6 Å². The third-order valence-electron chi connectivity index (χ3n) is 6.42. The molecule has 1 N–H and O–H groups in total. The molecule has 0 aliphatic carbocycles. The van der Waals surface area contributed by atoms with Crippen molar-refractivity contribution in [2.75, 3.05) is 31.1 Å². The summed E-state index contributed by atoms with van der Waals surface area (Å²) in [7, 11) is 0. The molecule has 4 heterocycles. The van der Waals surface area contributed by atoms with E-state index in [4.69, 9.17) is 9.72 Å². The van der Waals surface area contributed by atoms with Crippen LogP contribution in [-0.4, -0.2) is 51.6 Å². The molecule has 0 spiro atoms. The van der Waals surface area contributed by atoms with Crippen molar-refractivity contribution in [1.29, 1.82) is 0 Å². The van der Waals surface area contributed by atoms with Crippen LogP contribution in [0.15, 0.2) is 35.3 Å². The van der Waals surface area contributed by atoms with E-state index in [1.54, 1.807) is 0 Å². The minimum absolute atomic E-state index is 0.00240. The van der Waals surface area contributed by atoms with Gasteiger partial charge < -0.3 is 14.2 Å². The number of ether oxygens (including phenoxy) is 1. The molecule has 1 aromatic carbocycles. The van der Waals surface area contributed by atoms with Gasteiger partial charge in [-0.25, -0.2) is 4.98 Å². The predicted molar refractivity (Wildman–Crippen MR) is 123 cm³/mol. The van der Waals surface area contributed by atoms with Crippen molar-refractivity contribution in [1.82, 2.24) is 19.4 Å². The van der Waals surface area contributed by atoms with Gasteiger partial charge in [0.2, 0.25) is 5.95 Å². The molecule has 0 unspecified atom stereocenters. The summed E-state index contributed by atoms with van der Waals surface area (Å²) < 4.78 is 7.11. The average Bonchev–Trinajstić information content (AvgIpc) is 3.43. The Morgan fingerprint density at radius 2 is 2.00 bits per heavy atom. The van der Waals surface area contributed by atoms with Crippen molar-refractivity contribution < 1.29 is 9.53 Å². The van der Waals surface area contributed by atoms with Crippen molar-refractivity contribution in [3.8, 4) is 0 Å². The van der Waals surface area contributed by atoms with Crippen LogP contribution in [0.2, 0.25) is 0 Å². The van der Waals surface area contributed by atoms with Crippen LogP contribution >= 0.6 is 0 Å². The van der Waals surface area contributed by atoms with E-state index in [0.29, 0.717) is 25.5 Å². The number of anilines is 1. The second-order valence-electron chi connectivity index (χ2n) is 8.57. The second kappa shape index (κ2) is 8.78. The van der Waals surface area contributed by atoms with Crippen LogP contribution in [0.25, 0.3) is 10.9 Å². The molecule has 0 amide bonds. The van der Waals surface area contributed by atoms with Gasteiger partial charge in [-0.15, -0.1) is 0 Å². The summed E-state index contributed by atoms with van der Waals surface area (Å²) >= 11 is 0. The second-order valence-corrected chi connectivity index (χ2v) is 8.57. The lowest BCUT2D eigenvalue weighted by Gasteiger charge is -2.28. The van der Waals surface area contributed by atoms with Crippen molar-refractivity contribution in [2.24, 2.45) is 0 Å². The summed E-state index contributed by atoms with van der Waals surface area (Å²) in [6.07, 6.45) is 5.03. The minimum Gasteiger partial charge on any atom is -0.465 e. The molecule has 2 aliphatic rings. The molecule has 1 fully saturated rings. The number of nitrogens with one attached hydrogen (secondary N) is 1. The summed E-state index contributed by atoms with van der Waals surface area (Å²) in [5.41, 5.74) is 3.89. The van der Waals surface area contributed by atoms with Gasteiger partial charge in [-0.1, -0.05) is 18.2 Å². The fourth-order valence-corrected chi connectivity index (χ4v) is 4.86. The zero-order chi connectivity index (χ0) is 22.1. The van der Waals surface area contributed by atoms with Crippen molar-refractivity contribution >= 4 is 22.8 Å². The fraction of sp³-hybridized carbons (Fsp3) is 0.458. The number of rotatable bonds is 6. The Balaban J connectivity index is 1.39. The molecular formula is C24H29N5O3. The lowest BCUT2D eigenvalue weighted by molar-refractivity contribution is -0.143. The molecule has 2 aliphatic heterocycles. The highest BCUT2D eigenvalue weighted by atomic mass is 16.5. The number of benzene rings is 1. The maximum atomic E-state index is 12.7. The summed E-state index contributed by atoms with van der Waals surface area (Å²) in [4.78, 5) is 37.1. The van der Waals surface area contributed by atoms with Gasteiger partial charge in [-0.3, -0.25) is 19.5 Å². The molecule has 0 bridgehead atoms. The SMILES string of the molecule is CCOC(=O)Cn1cc(CN2CCc3c(nc(N4CCCC4)[nH]c3=O)C2)c2ccccc21. The Bertz CT molecular complexity index is 1190. The van der Waals surface area contributed by atoms with Crippen LogP contribution < -0.4 is 10.5 Å². The monoisotopic (exact) mass is 435 g/mol. The van der Waals surface area contributed by atoms with Gasteiger partial charge in [0.1, 0.15) is 6.54 Å². The van der Waals surface area contributed by atoms with Gasteiger partial charge in [0.05, 0.1) is 12.3 Å². The lowest BCUT2D eigenvalue weighted by atomic mass is 10.1. The van der Waals surface area contributed by atoms with Crippen LogP contribution in [0.3, 0.4) is 0 Å². The zero-order valence-corrected chi connectivity index (χ0v) is 18.5. The highest BCUT2D eigenvalue weighted by molar-refractivity contribution is 5.85. The molecule has 1 saturated heterocycles. The maximum absolute atomic E-state index is 12.7. The van der Waals surface area contributed by atoms with Gasteiger partial charge in [0.25, 0.3) is 5.56 Å². The van der Waals surface area contributed by atoms with E-state index < -0.39 is 0 Å². The quantitative estimate of drug-likeness (QED) is 0.599.